The van der Waals surface area contributed by atoms with Gasteiger partial charge in [0, 0.05) is 10.9 Å². The zero-order chi connectivity index (χ0) is 22.1. The molecule has 3 aromatic rings. The molecular weight excluding hydrogens is 416 g/mol. The largest absolute Gasteiger partial charge is 0.476 e. The molecule has 1 amide bonds. The van der Waals surface area contributed by atoms with Gasteiger partial charge in [0.25, 0.3) is 5.91 Å². The molecule has 0 saturated heterocycles. The van der Waals surface area contributed by atoms with Crippen LogP contribution in [0.5, 0.6) is 5.75 Å². The summed E-state index contributed by atoms with van der Waals surface area (Å²) < 4.78 is 5.25. The van der Waals surface area contributed by atoms with Gasteiger partial charge in [0.05, 0.1) is 5.69 Å². The van der Waals surface area contributed by atoms with Crippen molar-refractivity contribution in [3.05, 3.63) is 63.7 Å². The average molecular weight is 441 g/mol. The average Bonchev–Trinajstić information content (AvgIpc) is 3.24. The minimum atomic E-state index is -0.656. The molecule has 0 fully saturated rings. The molecule has 0 saturated carbocycles. The monoisotopic (exact) mass is 440 g/mol. The maximum Gasteiger partial charge on any atom is 0.406 e. The van der Waals surface area contributed by atoms with Crippen molar-refractivity contribution < 1.29 is 14.5 Å². The number of hydrogen-bond donors (Lipinski definition) is 1. The van der Waals surface area contributed by atoms with E-state index in [9.17, 15) is 14.9 Å². The first-order valence-corrected chi connectivity index (χ1v) is 11.0. The van der Waals surface area contributed by atoms with E-state index in [1.165, 1.54) is 60.9 Å². The number of pyridine rings is 1. The molecule has 3 rings (SSSR count). The molecule has 0 aliphatic carbocycles. The Morgan fingerprint density at radius 1 is 1.19 bits per heavy atom. The SMILES string of the molecule is CCCCCCc1ccc(-c2csc(NC(=O)COc3cccnc3[N+](=O)[O-])n2)cc1. The number of benzene rings is 1. The van der Waals surface area contributed by atoms with Crippen LogP contribution in [-0.2, 0) is 11.2 Å². The van der Waals surface area contributed by atoms with Crippen LogP contribution in [0.15, 0.2) is 48.0 Å². The van der Waals surface area contributed by atoms with Gasteiger partial charge < -0.3 is 14.9 Å². The van der Waals surface area contributed by atoms with Crippen molar-refractivity contribution >= 4 is 28.2 Å². The molecule has 0 spiro atoms. The van der Waals surface area contributed by atoms with Crippen molar-refractivity contribution in [2.75, 3.05) is 11.9 Å². The van der Waals surface area contributed by atoms with Crippen molar-refractivity contribution in [1.82, 2.24) is 9.97 Å². The van der Waals surface area contributed by atoms with Gasteiger partial charge in [0.2, 0.25) is 5.75 Å². The number of carbonyl (C=O) groups is 1. The molecule has 0 aliphatic heterocycles. The molecule has 1 aromatic carbocycles. The summed E-state index contributed by atoms with van der Waals surface area (Å²) in [5, 5.41) is 15.9. The van der Waals surface area contributed by atoms with Crippen LogP contribution in [0.3, 0.4) is 0 Å². The van der Waals surface area contributed by atoms with Gasteiger partial charge in [-0.25, -0.2) is 4.98 Å². The maximum absolute atomic E-state index is 12.1. The Hall–Kier alpha value is -3.33. The second-order valence-electron chi connectivity index (χ2n) is 6.96. The van der Waals surface area contributed by atoms with Crippen LogP contribution >= 0.6 is 11.3 Å². The van der Waals surface area contributed by atoms with Gasteiger partial charge in [0.1, 0.15) is 6.20 Å². The summed E-state index contributed by atoms with van der Waals surface area (Å²) in [6, 6.07) is 11.2. The number of anilines is 1. The summed E-state index contributed by atoms with van der Waals surface area (Å²) in [7, 11) is 0. The van der Waals surface area contributed by atoms with Crippen LogP contribution < -0.4 is 10.1 Å². The molecular formula is C22H24N4O4S. The number of amides is 1. The van der Waals surface area contributed by atoms with Crippen LogP contribution in [-0.4, -0.2) is 27.4 Å². The standard InChI is InChI=1S/C22H24N4O4S/c1-2-3-4-5-7-16-9-11-17(12-10-16)18-15-31-22(24-18)25-20(27)14-30-19-8-6-13-23-21(19)26(28)29/h6,8-13,15H,2-5,7,14H2,1H3,(H,24,25,27). The van der Waals surface area contributed by atoms with Crippen LogP contribution in [0.1, 0.15) is 38.2 Å². The molecule has 8 nitrogen and oxygen atoms in total. The lowest BCUT2D eigenvalue weighted by molar-refractivity contribution is -0.390. The van der Waals surface area contributed by atoms with Crippen molar-refractivity contribution in [2.24, 2.45) is 0 Å². The highest BCUT2D eigenvalue weighted by molar-refractivity contribution is 7.14. The molecule has 2 aromatic heterocycles. The van der Waals surface area contributed by atoms with Crippen molar-refractivity contribution in [1.29, 1.82) is 0 Å². The number of hydrogen-bond acceptors (Lipinski definition) is 7. The lowest BCUT2D eigenvalue weighted by Gasteiger charge is -2.05. The van der Waals surface area contributed by atoms with E-state index in [0.29, 0.717) is 5.13 Å². The van der Waals surface area contributed by atoms with E-state index < -0.39 is 16.6 Å². The van der Waals surface area contributed by atoms with Gasteiger partial charge in [-0.05, 0) is 40.4 Å². The molecule has 31 heavy (non-hydrogen) atoms. The number of aromatic nitrogens is 2. The second-order valence-corrected chi connectivity index (χ2v) is 7.82. The van der Waals surface area contributed by atoms with Crippen molar-refractivity contribution in [2.45, 2.75) is 39.0 Å². The highest BCUT2D eigenvalue weighted by atomic mass is 32.1. The second kappa shape index (κ2) is 11.2. The van der Waals surface area contributed by atoms with E-state index in [0.717, 1.165) is 17.7 Å². The molecule has 0 radical (unpaired) electrons. The Morgan fingerprint density at radius 3 is 2.74 bits per heavy atom. The minimum Gasteiger partial charge on any atom is -0.476 e. The van der Waals surface area contributed by atoms with Crippen LogP contribution in [0, 0.1) is 10.1 Å². The van der Waals surface area contributed by atoms with Crippen LogP contribution in [0.4, 0.5) is 10.9 Å². The molecule has 0 atom stereocenters. The smallest absolute Gasteiger partial charge is 0.406 e. The fourth-order valence-corrected chi connectivity index (χ4v) is 3.73. The maximum atomic E-state index is 12.1. The Kier molecular flexibility index (Phi) is 8.05. The first kappa shape index (κ1) is 22.4. The molecule has 0 aliphatic rings. The highest BCUT2D eigenvalue weighted by Crippen LogP contribution is 2.26. The van der Waals surface area contributed by atoms with E-state index in [1.807, 2.05) is 17.5 Å². The van der Waals surface area contributed by atoms with Gasteiger partial charge in [-0.2, -0.15) is 0 Å². The fourth-order valence-electron chi connectivity index (χ4n) is 2.99. The number of ether oxygens (including phenoxy) is 1. The van der Waals surface area contributed by atoms with E-state index in [4.69, 9.17) is 4.74 Å². The fraction of sp³-hybridized carbons (Fsp3) is 0.318. The Balaban J connectivity index is 1.52. The Morgan fingerprint density at radius 2 is 2.00 bits per heavy atom. The summed E-state index contributed by atoms with van der Waals surface area (Å²) in [5.74, 6) is -0.945. The topological polar surface area (TPSA) is 107 Å². The first-order valence-electron chi connectivity index (χ1n) is 10.1. The van der Waals surface area contributed by atoms with Crippen LogP contribution in [0.2, 0.25) is 0 Å². The molecule has 0 bridgehead atoms. The van der Waals surface area contributed by atoms with E-state index in [-0.39, 0.29) is 12.4 Å². The van der Waals surface area contributed by atoms with Gasteiger partial charge >= 0.3 is 5.82 Å². The van der Waals surface area contributed by atoms with E-state index in [1.54, 1.807) is 0 Å². The number of aryl methyl sites for hydroxylation is 1. The normalized spacial score (nSPS) is 10.6. The first-order chi connectivity index (χ1) is 15.1. The van der Waals surface area contributed by atoms with Crippen molar-refractivity contribution in [3.63, 3.8) is 0 Å². The Labute approximate surface area is 184 Å². The number of nitrogens with zero attached hydrogens (tertiary/aromatic N) is 3. The summed E-state index contributed by atoms with van der Waals surface area (Å²) in [4.78, 5) is 30.5. The number of unbranched alkanes of at least 4 members (excludes halogenated alkanes) is 3. The van der Waals surface area contributed by atoms with Gasteiger partial charge in [0.15, 0.2) is 11.7 Å². The lowest BCUT2D eigenvalue weighted by Crippen LogP contribution is -2.20. The summed E-state index contributed by atoms with van der Waals surface area (Å²) in [6.45, 7) is 1.83. The van der Waals surface area contributed by atoms with Gasteiger partial charge in [-0.15, -0.1) is 11.3 Å². The third kappa shape index (κ3) is 6.58. The highest BCUT2D eigenvalue weighted by Gasteiger charge is 2.17. The van der Waals surface area contributed by atoms with E-state index in [2.05, 4.69) is 34.3 Å². The zero-order valence-electron chi connectivity index (χ0n) is 17.2. The molecule has 162 valence electrons. The third-order valence-electron chi connectivity index (χ3n) is 4.60. The molecule has 1 N–H and O–H groups in total. The molecule has 0 unspecified atom stereocenters. The number of carbonyl (C=O) groups excluding carboxylic acids is 1. The van der Waals surface area contributed by atoms with Gasteiger partial charge in [-0.1, -0.05) is 50.5 Å². The number of nitrogens with one attached hydrogen (secondary N) is 1. The van der Waals surface area contributed by atoms with Gasteiger partial charge in [-0.3, -0.25) is 10.1 Å². The number of nitro groups is 1. The quantitative estimate of drug-likeness (QED) is 0.248. The third-order valence-corrected chi connectivity index (χ3v) is 5.36. The molecule has 2 heterocycles. The van der Waals surface area contributed by atoms with Crippen LogP contribution in [0.25, 0.3) is 11.3 Å². The summed E-state index contributed by atoms with van der Waals surface area (Å²) in [6.07, 6.45) is 7.33. The van der Waals surface area contributed by atoms with Crippen molar-refractivity contribution in [3.8, 4) is 17.0 Å². The Bertz CT molecular complexity index is 1020. The van der Waals surface area contributed by atoms with E-state index >= 15 is 0 Å². The lowest BCUT2D eigenvalue weighted by atomic mass is 10.0. The summed E-state index contributed by atoms with van der Waals surface area (Å²) in [5.41, 5.74) is 3.07. The number of thiazole rings is 1. The minimum absolute atomic E-state index is 0.0581. The number of rotatable bonds is 11. The predicted octanol–water partition coefficient (Wildman–Crippen LogP) is 5.25. The summed E-state index contributed by atoms with van der Waals surface area (Å²) >= 11 is 1.31. The zero-order valence-corrected chi connectivity index (χ0v) is 18.1. The predicted molar refractivity (Wildman–Crippen MR) is 120 cm³/mol. The molecule has 9 heteroatoms.